The molecule has 8 heteroatoms. The summed E-state index contributed by atoms with van der Waals surface area (Å²) in [6.45, 7) is 4.93. The van der Waals surface area contributed by atoms with Crippen LogP contribution in [0.4, 0.5) is 5.69 Å². The van der Waals surface area contributed by atoms with Gasteiger partial charge in [0, 0.05) is 18.2 Å². The number of rotatable bonds is 8. The van der Waals surface area contributed by atoms with E-state index in [9.17, 15) is 19.2 Å². The lowest BCUT2D eigenvalue weighted by Gasteiger charge is -2.21. The Hall–Kier alpha value is -2.90. The lowest BCUT2D eigenvalue weighted by Crippen LogP contribution is -2.49. The summed E-state index contributed by atoms with van der Waals surface area (Å²) in [6, 6.07) is 5.14. The van der Waals surface area contributed by atoms with Gasteiger partial charge in [0.1, 0.15) is 6.04 Å². The van der Waals surface area contributed by atoms with Crippen molar-refractivity contribution in [2.24, 2.45) is 11.7 Å². The van der Waals surface area contributed by atoms with Crippen molar-refractivity contribution in [3.63, 3.8) is 0 Å². The van der Waals surface area contributed by atoms with Crippen LogP contribution in [-0.2, 0) is 19.1 Å². The third-order valence-electron chi connectivity index (χ3n) is 3.42. The zero-order valence-electron chi connectivity index (χ0n) is 14.5. The van der Waals surface area contributed by atoms with Gasteiger partial charge in [-0.05, 0) is 37.1 Å². The Labute approximate surface area is 146 Å². The van der Waals surface area contributed by atoms with Crippen molar-refractivity contribution >= 4 is 29.4 Å². The fourth-order valence-electron chi connectivity index (χ4n) is 2.23. The van der Waals surface area contributed by atoms with Gasteiger partial charge in [-0.1, -0.05) is 6.92 Å². The summed E-state index contributed by atoms with van der Waals surface area (Å²) in [4.78, 5) is 46.4. The molecule has 2 atom stereocenters. The number of primary amides is 1. The molecule has 0 spiro atoms. The van der Waals surface area contributed by atoms with Gasteiger partial charge >= 0.3 is 5.97 Å². The molecule has 1 rings (SSSR count). The van der Waals surface area contributed by atoms with Gasteiger partial charge in [-0.15, -0.1) is 0 Å². The van der Waals surface area contributed by atoms with E-state index in [4.69, 9.17) is 10.5 Å². The normalized spacial score (nSPS) is 12.6. The number of carbonyl (C=O) groups excluding carboxylic acids is 4. The summed E-state index contributed by atoms with van der Waals surface area (Å²) in [5, 5.41) is 5.12. The Bertz CT molecular complexity index is 642. The Balaban J connectivity index is 2.77. The summed E-state index contributed by atoms with van der Waals surface area (Å²) < 4.78 is 4.84. The molecule has 0 aliphatic carbocycles. The molecule has 3 amide bonds. The molecule has 8 nitrogen and oxygen atoms in total. The van der Waals surface area contributed by atoms with Crippen LogP contribution in [-0.4, -0.2) is 36.3 Å². The molecule has 0 aliphatic rings. The molecule has 0 fully saturated rings. The molecule has 1 aromatic carbocycles. The minimum absolute atomic E-state index is 0.0385. The first-order valence-corrected chi connectivity index (χ1v) is 7.88. The molecule has 4 N–H and O–H groups in total. The zero-order chi connectivity index (χ0) is 19.0. The second kappa shape index (κ2) is 9.41. The summed E-state index contributed by atoms with van der Waals surface area (Å²) in [5.41, 5.74) is 6.18. The smallest absolute Gasteiger partial charge is 0.306 e. The van der Waals surface area contributed by atoms with E-state index in [1.165, 1.54) is 19.1 Å². The summed E-state index contributed by atoms with van der Waals surface area (Å²) in [5.74, 6) is -2.44. The van der Waals surface area contributed by atoms with Gasteiger partial charge < -0.3 is 21.1 Å². The van der Waals surface area contributed by atoms with Crippen molar-refractivity contribution in [2.75, 3.05) is 11.9 Å². The number of amides is 3. The number of nitrogens with one attached hydrogen (secondary N) is 2. The maximum atomic E-state index is 12.3. The van der Waals surface area contributed by atoms with Crippen LogP contribution in [0.15, 0.2) is 24.3 Å². The van der Waals surface area contributed by atoms with E-state index < -0.39 is 29.7 Å². The van der Waals surface area contributed by atoms with Crippen molar-refractivity contribution in [3.05, 3.63) is 29.8 Å². The predicted octanol–water partition coefficient (Wildman–Crippen LogP) is 0.818. The molecule has 0 saturated heterocycles. The molecule has 0 bridgehead atoms. The molecule has 25 heavy (non-hydrogen) atoms. The lowest BCUT2D eigenvalue weighted by molar-refractivity contribution is -0.144. The van der Waals surface area contributed by atoms with Crippen molar-refractivity contribution in [1.82, 2.24) is 5.32 Å². The van der Waals surface area contributed by atoms with E-state index in [1.807, 2.05) is 0 Å². The standard InChI is InChI=1S/C17H23N3O5/c1-4-25-14(22)9-10(2)15(16(18)23)20-17(24)12-5-7-13(8-6-12)19-11(3)21/h5-8,10,15H,4,9H2,1-3H3,(H2,18,23)(H,19,21)(H,20,24)/t10-,15+/m0/s1. The van der Waals surface area contributed by atoms with Crippen LogP contribution in [0.2, 0.25) is 0 Å². The number of ether oxygens (including phenoxy) is 1. The molecular weight excluding hydrogens is 326 g/mol. The van der Waals surface area contributed by atoms with E-state index in [0.717, 1.165) is 0 Å². The van der Waals surface area contributed by atoms with Crippen molar-refractivity contribution in [3.8, 4) is 0 Å². The first-order chi connectivity index (χ1) is 11.7. The molecule has 0 aromatic heterocycles. The summed E-state index contributed by atoms with van der Waals surface area (Å²) >= 11 is 0. The van der Waals surface area contributed by atoms with Gasteiger partial charge in [0.25, 0.3) is 5.91 Å². The maximum Gasteiger partial charge on any atom is 0.306 e. The average Bonchev–Trinajstić information content (AvgIpc) is 2.52. The first-order valence-electron chi connectivity index (χ1n) is 7.88. The second-order valence-electron chi connectivity index (χ2n) is 5.60. The molecule has 0 unspecified atom stereocenters. The van der Waals surface area contributed by atoms with E-state index in [1.54, 1.807) is 26.0 Å². The van der Waals surface area contributed by atoms with Gasteiger partial charge in [-0.2, -0.15) is 0 Å². The minimum Gasteiger partial charge on any atom is -0.466 e. The number of anilines is 1. The van der Waals surface area contributed by atoms with Crippen LogP contribution in [0.25, 0.3) is 0 Å². The van der Waals surface area contributed by atoms with Gasteiger partial charge in [0.05, 0.1) is 13.0 Å². The fraction of sp³-hybridized carbons (Fsp3) is 0.412. The predicted molar refractivity (Wildman–Crippen MR) is 91.6 cm³/mol. The number of esters is 1. The Morgan fingerprint density at radius 3 is 2.24 bits per heavy atom. The van der Waals surface area contributed by atoms with Crippen molar-refractivity contribution < 1.29 is 23.9 Å². The van der Waals surface area contributed by atoms with Crippen LogP contribution >= 0.6 is 0 Å². The van der Waals surface area contributed by atoms with Crippen molar-refractivity contribution in [2.45, 2.75) is 33.2 Å². The third-order valence-corrected chi connectivity index (χ3v) is 3.42. The third kappa shape index (κ3) is 6.62. The van der Waals surface area contributed by atoms with Crippen LogP contribution < -0.4 is 16.4 Å². The first kappa shape index (κ1) is 20.1. The summed E-state index contributed by atoms with van der Waals surface area (Å²) in [7, 11) is 0. The quantitative estimate of drug-likeness (QED) is 0.599. The van der Waals surface area contributed by atoms with Crippen LogP contribution in [0.5, 0.6) is 0 Å². The highest BCUT2D eigenvalue weighted by Gasteiger charge is 2.27. The minimum atomic E-state index is -1.01. The van der Waals surface area contributed by atoms with E-state index in [0.29, 0.717) is 11.3 Å². The second-order valence-corrected chi connectivity index (χ2v) is 5.60. The van der Waals surface area contributed by atoms with Gasteiger partial charge in [0.15, 0.2) is 0 Å². The zero-order valence-corrected chi connectivity index (χ0v) is 14.5. The molecule has 0 aliphatic heterocycles. The van der Waals surface area contributed by atoms with E-state index in [-0.39, 0.29) is 18.9 Å². The number of nitrogens with two attached hydrogens (primary N) is 1. The van der Waals surface area contributed by atoms with Gasteiger partial charge in [-0.3, -0.25) is 19.2 Å². The van der Waals surface area contributed by atoms with Gasteiger partial charge in [0.2, 0.25) is 11.8 Å². The maximum absolute atomic E-state index is 12.3. The van der Waals surface area contributed by atoms with Crippen molar-refractivity contribution in [1.29, 1.82) is 0 Å². The molecule has 0 heterocycles. The van der Waals surface area contributed by atoms with Crippen LogP contribution in [0.3, 0.4) is 0 Å². The average molecular weight is 349 g/mol. The number of benzene rings is 1. The number of hydrogen-bond donors (Lipinski definition) is 3. The topological polar surface area (TPSA) is 128 Å². The van der Waals surface area contributed by atoms with E-state index in [2.05, 4.69) is 10.6 Å². The summed E-state index contributed by atoms with van der Waals surface area (Å²) in [6.07, 6.45) is -0.0385. The Morgan fingerprint density at radius 1 is 1.16 bits per heavy atom. The van der Waals surface area contributed by atoms with Crippen LogP contribution in [0.1, 0.15) is 37.6 Å². The Kier molecular flexibility index (Phi) is 7.58. The largest absolute Gasteiger partial charge is 0.466 e. The monoisotopic (exact) mass is 349 g/mol. The molecule has 0 radical (unpaired) electrons. The highest BCUT2D eigenvalue weighted by molar-refractivity contribution is 5.98. The molecule has 136 valence electrons. The molecular formula is C17H23N3O5. The fourth-order valence-corrected chi connectivity index (χ4v) is 2.23. The highest BCUT2D eigenvalue weighted by atomic mass is 16.5. The highest BCUT2D eigenvalue weighted by Crippen LogP contribution is 2.13. The van der Waals surface area contributed by atoms with Crippen LogP contribution in [0, 0.1) is 5.92 Å². The SMILES string of the molecule is CCOC(=O)C[C@H](C)[C@@H](NC(=O)c1ccc(NC(C)=O)cc1)C(N)=O. The Morgan fingerprint density at radius 2 is 1.76 bits per heavy atom. The molecule has 1 aromatic rings. The number of hydrogen-bond acceptors (Lipinski definition) is 5. The van der Waals surface area contributed by atoms with Gasteiger partial charge in [-0.25, -0.2) is 0 Å². The van der Waals surface area contributed by atoms with E-state index >= 15 is 0 Å². The number of carbonyl (C=O) groups is 4. The molecule has 0 saturated carbocycles. The lowest BCUT2D eigenvalue weighted by atomic mass is 9.97.